The summed E-state index contributed by atoms with van der Waals surface area (Å²) in [7, 11) is 1.59. The van der Waals surface area contributed by atoms with Crippen molar-refractivity contribution in [3.05, 3.63) is 29.5 Å². The van der Waals surface area contributed by atoms with E-state index in [1.165, 1.54) is 0 Å². The quantitative estimate of drug-likeness (QED) is 0.851. The van der Waals surface area contributed by atoms with Crippen molar-refractivity contribution in [1.82, 2.24) is 0 Å². The highest BCUT2D eigenvalue weighted by atomic mass is 16.5. The van der Waals surface area contributed by atoms with E-state index < -0.39 is 6.10 Å². The molecule has 2 aromatic rings. The van der Waals surface area contributed by atoms with Crippen molar-refractivity contribution in [1.29, 1.82) is 0 Å². The summed E-state index contributed by atoms with van der Waals surface area (Å²) < 4.78 is 10.8. The molecule has 1 aromatic heterocycles. The van der Waals surface area contributed by atoms with Gasteiger partial charge in [-0.3, -0.25) is 0 Å². The topological polar surface area (TPSA) is 68.6 Å². The first-order valence-corrected chi connectivity index (χ1v) is 5.61. The summed E-state index contributed by atoms with van der Waals surface area (Å²) in [5.74, 6) is 0.667. The molecule has 4 heteroatoms. The molecule has 4 nitrogen and oxygen atoms in total. The molecule has 0 radical (unpaired) electrons. The molecule has 0 aliphatic heterocycles. The minimum atomic E-state index is -0.604. The zero-order valence-corrected chi connectivity index (χ0v) is 10.1. The lowest BCUT2D eigenvalue weighted by Gasteiger charge is -2.15. The summed E-state index contributed by atoms with van der Waals surface area (Å²) in [6, 6.07) is 3.74. The molecule has 0 aliphatic carbocycles. The Labute approximate surface area is 100.0 Å². The highest BCUT2D eigenvalue weighted by Crippen LogP contribution is 2.37. The van der Waals surface area contributed by atoms with Gasteiger partial charge in [0.2, 0.25) is 0 Å². The van der Waals surface area contributed by atoms with Crippen LogP contribution in [-0.4, -0.2) is 18.8 Å². The van der Waals surface area contributed by atoms with Gasteiger partial charge in [0, 0.05) is 5.56 Å². The molecular weight excluding hydrogens is 218 g/mol. The summed E-state index contributed by atoms with van der Waals surface area (Å²) in [4.78, 5) is 0. The third-order valence-electron chi connectivity index (χ3n) is 2.91. The Morgan fingerprint density at radius 1 is 1.53 bits per heavy atom. The zero-order valence-electron chi connectivity index (χ0n) is 10.1. The molecule has 3 N–H and O–H groups in total. The molecule has 1 aromatic carbocycles. The van der Waals surface area contributed by atoms with E-state index in [0.29, 0.717) is 18.7 Å². The molecule has 1 heterocycles. The van der Waals surface area contributed by atoms with Crippen LogP contribution in [0.5, 0.6) is 5.75 Å². The first-order chi connectivity index (χ1) is 8.19. The molecule has 17 heavy (non-hydrogen) atoms. The van der Waals surface area contributed by atoms with Crippen molar-refractivity contribution in [2.45, 2.75) is 19.4 Å². The van der Waals surface area contributed by atoms with Crippen molar-refractivity contribution in [3.63, 3.8) is 0 Å². The van der Waals surface area contributed by atoms with E-state index in [1.807, 2.05) is 19.1 Å². The van der Waals surface area contributed by atoms with Gasteiger partial charge in [-0.25, -0.2) is 0 Å². The van der Waals surface area contributed by atoms with Crippen molar-refractivity contribution < 1.29 is 14.3 Å². The third kappa shape index (κ3) is 2.01. The fourth-order valence-electron chi connectivity index (χ4n) is 2.10. The number of hydrogen-bond donors (Lipinski definition) is 2. The summed E-state index contributed by atoms with van der Waals surface area (Å²) in [5, 5.41) is 11.0. The average molecular weight is 235 g/mol. The highest BCUT2D eigenvalue weighted by molar-refractivity contribution is 5.88. The molecule has 0 amide bonds. The second-order valence-corrected chi connectivity index (χ2v) is 4.07. The number of ether oxygens (including phenoxy) is 1. The van der Waals surface area contributed by atoms with E-state index in [1.54, 1.807) is 13.4 Å². The summed E-state index contributed by atoms with van der Waals surface area (Å²) in [6.07, 6.45) is 1.53. The number of methoxy groups -OCH3 is 1. The summed E-state index contributed by atoms with van der Waals surface area (Å²) in [6.45, 7) is 2.39. The molecule has 92 valence electrons. The minimum absolute atomic E-state index is 0.437. The van der Waals surface area contributed by atoms with Crippen LogP contribution < -0.4 is 10.5 Å². The van der Waals surface area contributed by atoms with E-state index in [4.69, 9.17) is 14.9 Å². The Bertz CT molecular complexity index is 519. The Morgan fingerprint density at radius 2 is 2.29 bits per heavy atom. The molecular formula is C13H17NO3. The molecule has 0 saturated carbocycles. The van der Waals surface area contributed by atoms with Crippen LogP contribution in [0.3, 0.4) is 0 Å². The van der Waals surface area contributed by atoms with Crippen LogP contribution in [-0.2, 0) is 0 Å². The van der Waals surface area contributed by atoms with Crippen LogP contribution in [0.4, 0.5) is 0 Å². The molecule has 0 saturated heterocycles. The smallest absolute Gasteiger partial charge is 0.140 e. The SMILES string of the molecule is COc1c(C(O)CCN)cc(C)c2occc12. The van der Waals surface area contributed by atoms with Gasteiger partial charge in [-0.2, -0.15) is 0 Å². The predicted octanol–water partition coefficient (Wildman–Crippen LogP) is 2.13. The number of nitrogens with two attached hydrogens (primary N) is 1. The third-order valence-corrected chi connectivity index (χ3v) is 2.91. The lowest BCUT2D eigenvalue weighted by molar-refractivity contribution is 0.166. The predicted molar refractivity (Wildman–Crippen MR) is 66.1 cm³/mol. The van der Waals surface area contributed by atoms with E-state index in [0.717, 1.165) is 22.1 Å². The zero-order chi connectivity index (χ0) is 12.4. The van der Waals surface area contributed by atoms with Crippen molar-refractivity contribution in [2.24, 2.45) is 5.73 Å². The molecule has 1 unspecified atom stereocenters. The number of aliphatic hydroxyl groups is 1. The van der Waals surface area contributed by atoms with Crippen LogP contribution in [0.2, 0.25) is 0 Å². The largest absolute Gasteiger partial charge is 0.496 e. The standard InChI is InChI=1S/C13H17NO3/c1-8-7-10(11(15)3-5-14)13(16-2)9-4-6-17-12(8)9/h4,6-7,11,15H,3,5,14H2,1-2H3. The molecule has 0 aliphatic rings. The normalized spacial score (nSPS) is 12.9. The van der Waals surface area contributed by atoms with Crippen LogP contribution in [0, 0.1) is 6.92 Å². The highest BCUT2D eigenvalue weighted by Gasteiger charge is 2.18. The van der Waals surface area contributed by atoms with E-state index in [2.05, 4.69) is 0 Å². The summed E-state index contributed by atoms with van der Waals surface area (Å²) >= 11 is 0. The maximum absolute atomic E-state index is 10.1. The Hall–Kier alpha value is -1.52. The van der Waals surface area contributed by atoms with E-state index in [-0.39, 0.29) is 0 Å². The second kappa shape index (κ2) is 4.77. The lowest BCUT2D eigenvalue weighted by atomic mass is 10.00. The number of fused-ring (bicyclic) bond motifs is 1. The van der Waals surface area contributed by atoms with Crippen LogP contribution in [0.1, 0.15) is 23.7 Å². The van der Waals surface area contributed by atoms with Crippen molar-refractivity contribution in [2.75, 3.05) is 13.7 Å². The Balaban J connectivity index is 2.61. The van der Waals surface area contributed by atoms with Crippen LogP contribution in [0.25, 0.3) is 11.0 Å². The van der Waals surface area contributed by atoms with Gasteiger partial charge in [-0.05, 0) is 37.6 Å². The van der Waals surface area contributed by atoms with Gasteiger partial charge in [0.05, 0.1) is 24.9 Å². The second-order valence-electron chi connectivity index (χ2n) is 4.07. The van der Waals surface area contributed by atoms with Gasteiger partial charge in [0.25, 0.3) is 0 Å². The number of aryl methyl sites for hydroxylation is 1. The number of furan rings is 1. The fraction of sp³-hybridized carbons (Fsp3) is 0.385. The van der Waals surface area contributed by atoms with Gasteiger partial charge in [-0.1, -0.05) is 0 Å². The first-order valence-electron chi connectivity index (χ1n) is 5.61. The Kier molecular flexibility index (Phi) is 3.36. The monoisotopic (exact) mass is 235 g/mol. The average Bonchev–Trinajstić information content (AvgIpc) is 2.78. The molecule has 1 atom stereocenters. The van der Waals surface area contributed by atoms with Gasteiger partial charge in [0.1, 0.15) is 11.3 Å². The van der Waals surface area contributed by atoms with Crippen LogP contribution >= 0.6 is 0 Å². The van der Waals surface area contributed by atoms with Gasteiger partial charge >= 0.3 is 0 Å². The van der Waals surface area contributed by atoms with Crippen molar-refractivity contribution >= 4 is 11.0 Å². The maximum atomic E-state index is 10.1. The minimum Gasteiger partial charge on any atom is -0.496 e. The lowest BCUT2D eigenvalue weighted by Crippen LogP contribution is -2.08. The molecule has 0 spiro atoms. The molecule has 0 fully saturated rings. The number of hydrogen-bond acceptors (Lipinski definition) is 4. The number of aliphatic hydroxyl groups excluding tert-OH is 1. The van der Waals surface area contributed by atoms with Gasteiger partial charge in [-0.15, -0.1) is 0 Å². The van der Waals surface area contributed by atoms with E-state index in [9.17, 15) is 5.11 Å². The maximum Gasteiger partial charge on any atom is 0.140 e. The Morgan fingerprint density at radius 3 is 2.94 bits per heavy atom. The fourth-order valence-corrected chi connectivity index (χ4v) is 2.10. The van der Waals surface area contributed by atoms with Gasteiger partial charge in [0.15, 0.2) is 0 Å². The van der Waals surface area contributed by atoms with E-state index >= 15 is 0 Å². The number of benzene rings is 1. The van der Waals surface area contributed by atoms with Crippen LogP contribution in [0.15, 0.2) is 22.8 Å². The molecule has 2 rings (SSSR count). The first kappa shape index (κ1) is 12.0. The molecule has 0 bridgehead atoms. The number of rotatable bonds is 4. The van der Waals surface area contributed by atoms with Gasteiger partial charge < -0.3 is 20.0 Å². The summed E-state index contributed by atoms with van der Waals surface area (Å²) in [5.41, 5.74) is 8.02. The van der Waals surface area contributed by atoms with Crippen molar-refractivity contribution in [3.8, 4) is 5.75 Å².